The van der Waals surface area contributed by atoms with Crippen LogP contribution in [0, 0.1) is 0 Å². The zero-order valence-electron chi connectivity index (χ0n) is 9.62. The normalized spacial score (nSPS) is 12.7. The summed E-state index contributed by atoms with van der Waals surface area (Å²) in [7, 11) is 0. The van der Waals surface area contributed by atoms with Crippen molar-refractivity contribution in [2.45, 2.75) is 31.3 Å². The molecule has 0 aromatic heterocycles. The topological polar surface area (TPSA) is 35.2 Å². The van der Waals surface area contributed by atoms with Crippen molar-refractivity contribution < 1.29 is 4.74 Å². The quantitative estimate of drug-likeness (QED) is 0.615. The predicted octanol–water partition coefficient (Wildman–Crippen LogP) is 3.48. The summed E-state index contributed by atoms with van der Waals surface area (Å²) in [5.74, 6) is 0. The van der Waals surface area contributed by atoms with Gasteiger partial charge in [0.15, 0.2) is 0 Å². The third-order valence-corrected chi connectivity index (χ3v) is 3.16. The maximum Gasteiger partial charge on any atom is 0.0822 e. The van der Waals surface area contributed by atoms with Gasteiger partial charge in [-0.3, -0.25) is 0 Å². The van der Waals surface area contributed by atoms with Gasteiger partial charge in [-0.05, 0) is 37.3 Å². The van der Waals surface area contributed by atoms with Crippen molar-refractivity contribution in [2.75, 3.05) is 18.6 Å². The summed E-state index contributed by atoms with van der Waals surface area (Å²) >= 11 is 1.68. The SMILES string of the molecule is CCOC(CC)c1ccc(N)c(SC)c1. The summed E-state index contributed by atoms with van der Waals surface area (Å²) in [4.78, 5) is 1.13. The molecule has 0 saturated carbocycles. The lowest BCUT2D eigenvalue weighted by molar-refractivity contribution is 0.0597. The average molecular weight is 225 g/mol. The van der Waals surface area contributed by atoms with E-state index in [4.69, 9.17) is 10.5 Å². The number of benzene rings is 1. The Labute approximate surface area is 96.2 Å². The first kappa shape index (κ1) is 12.4. The molecule has 1 aromatic rings. The molecule has 2 N–H and O–H groups in total. The molecule has 15 heavy (non-hydrogen) atoms. The Bertz CT molecular complexity index is 314. The number of rotatable bonds is 5. The second-order valence-electron chi connectivity index (χ2n) is 3.35. The van der Waals surface area contributed by atoms with Crippen LogP contribution in [0.1, 0.15) is 31.9 Å². The number of thioether (sulfide) groups is 1. The van der Waals surface area contributed by atoms with Crippen molar-refractivity contribution in [1.29, 1.82) is 0 Å². The minimum Gasteiger partial charge on any atom is -0.398 e. The van der Waals surface area contributed by atoms with Crippen molar-refractivity contribution in [2.24, 2.45) is 0 Å². The first-order valence-corrected chi connectivity index (χ1v) is 6.50. The van der Waals surface area contributed by atoms with Gasteiger partial charge in [0.2, 0.25) is 0 Å². The fraction of sp³-hybridized carbons (Fsp3) is 0.500. The van der Waals surface area contributed by atoms with Gasteiger partial charge in [0.05, 0.1) is 6.10 Å². The first-order chi connectivity index (χ1) is 7.22. The molecule has 2 nitrogen and oxygen atoms in total. The van der Waals surface area contributed by atoms with Gasteiger partial charge in [0, 0.05) is 17.2 Å². The predicted molar refractivity (Wildman–Crippen MR) is 67.3 cm³/mol. The highest BCUT2D eigenvalue weighted by Crippen LogP contribution is 2.29. The molecule has 1 rings (SSSR count). The van der Waals surface area contributed by atoms with Gasteiger partial charge in [-0.25, -0.2) is 0 Å². The van der Waals surface area contributed by atoms with Crippen LogP contribution in [0.5, 0.6) is 0 Å². The number of anilines is 1. The molecule has 84 valence electrons. The zero-order valence-corrected chi connectivity index (χ0v) is 10.4. The van der Waals surface area contributed by atoms with Gasteiger partial charge in [0.25, 0.3) is 0 Å². The molecule has 0 amide bonds. The summed E-state index contributed by atoms with van der Waals surface area (Å²) in [6.07, 6.45) is 3.23. The highest BCUT2D eigenvalue weighted by Gasteiger charge is 2.10. The molecule has 0 spiro atoms. The Balaban J connectivity index is 2.92. The molecule has 1 atom stereocenters. The fourth-order valence-electron chi connectivity index (χ4n) is 1.58. The lowest BCUT2D eigenvalue weighted by atomic mass is 10.1. The standard InChI is InChI=1S/C12H19NOS/c1-4-11(14-5-2)9-6-7-10(13)12(8-9)15-3/h6-8,11H,4-5,13H2,1-3H3. The average Bonchev–Trinajstić information content (AvgIpc) is 2.27. The summed E-state index contributed by atoms with van der Waals surface area (Å²) < 4.78 is 5.67. The van der Waals surface area contributed by atoms with Gasteiger partial charge in [-0.2, -0.15) is 0 Å². The maximum absolute atomic E-state index is 5.85. The van der Waals surface area contributed by atoms with E-state index in [0.717, 1.165) is 23.6 Å². The Morgan fingerprint density at radius 1 is 1.40 bits per heavy atom. The molecule has 0 radical (unpaired) electrons. The molecule has 3 heteroatoms. The van der Waals surface area contributed by atoms with Gasteiger partial charge in [-0.1, -0.05) is 13.0 Å². The van der Waals surface area contributed by atoms with Crippen LogP contribution in [0.25, 0.3) is 0 Å². The lowest BCUT2D eigenvalue weighted by Gasteiger charge is -2.16. The van der Waals surface area contributed by atoms with Gasteiger partial charge >= 0.3 is 0 Å². The van der Waals surface area contributed by atoms with Crippen LogP contribution in [0.4, 0.5) is 5.69 Å². The van der Waals surface area contributed by atoms with Crippen LogP contribution in [-0.2, 0) is 4.74 Å². The molecule has 0 heterocycles. The number of nitrogens with two attached hydrogens (primary N) is 1. The number of hydrogen-bond acceptors (Lipinski definition) is 3. The van der Waals surface area contributed by atoms with E-state index in [0.29, 0.717) is 0 Å². The molecule has 0 aliphatic heterocycles. The van der Waals surface area contributed by atoms with Crippen molar-refractivity contribution in [1.82, 2.24) is 0 Å². The molecular weight excluding hydrogens is 206 g/mol. The van der Waals surface area contributed by atoms with E-state index in [-0.39, 0.29) is 6.10 Å². The summed E-state index contributed by atoms with van der Waals surface area (Å²) in [5.41, 5.74) is 7.92. The van der Waals surface area contributed by atoms with Crippen molar-refractivity contribution in [3.63, 3.8) is 0 Å². The van der Waals surface area contributed by atoms with Crippen molar-refractivity contribution >= 4 is 17.4 Å². The molecule has 0 saturated heterocycles. The van der Waals surface area contributed by atoms with Gasteiger partial charge in [0.1, 0.15) is 0 Å². The summed E-state index contributed by atoms with van der Waals surface area (Å²) in [5, 5.41) is 0. The van der Waals surface area contributed by atoms with Gasteiger partial charge < -0.3 is 10.5 Å². The number of hydrogen-bond donors (Lipinski definition) is 1. The molecule has 1 aromatic carbocycles. The fourth-order valence-corrected chi connectivity index (χ4v) is 2.14. The maximum atomic E-state index is 5.85. The lowest BCUT2D eigenvalue weighted by Crippen LogP contribution is -2.03. The Morgan fingerprint density at radius 3 is 2.67 bits per heavy atom. The molecule has 0 fully saturated rings. The van der Waals surface area contributed by atoms with Crippen molar-refractivity contribution in [3.05, 3.63) is 23.8 Å². The van der Waals surface area contributed by atoms with Crippen LogP contribution >= 0.6 is 11.8 Å². The van der Waals surface area contributed by atoms with E-state index in [1.807, 2.05) is 19.2 Å². The second kappa shape index (κ2) is 6.03. The van der Waals surface area contributed by atoms with E-state index < -0.39 is 0 Å². The molecule has 1 unspecified atom stereocenters. The monoisotopic (exact) mass is 225 g/mol. The third-order valence-electron chi connectivity index (χ3n) is 2.37. The first-order valence-electron chi connectivity index (χ1n) is 5.27. The van der Waals surface area contributed by atoms with Crippen LogP contribution in [-0.4, -0.2) is 12.9 Å². The van der Waals surface area contributed by atoms with Crippen molar-refractivity contribution in [3.8, 4) is 0 Å². The Morgan fingerprint density at radius 2 is 2.13 bits per heavy atom. The number of ether oxygens (including phenoxy) is 1. The molecule has 0 bridgehead atoms. The summed E-state index contributed by atoms with van der Waals surface area (Å²) in [6, 6.07) is 6.14. The van der Waals surface area contributed by atoms with E-state index in [2.05, 4.69) is 19.1 Å². The van der Waals surface area contributed by atoms with Crippen LogP contribution in [0.2, 0.25) is 0 Å². The van der Waals surface area contributed by atoms with E-state index in [1.54, 1.807) is 11.8 Å². The zero-order chi connectivity index (χ0) is 11.3. The third kappa shape index (κ3) is 3.14. The van der Waals surface area contributed by atoms with Crippen LogP contribution in [0.3, 0.4) is 0 Å². The minimum atomic E-state index is 0.196. The Kier molecular flexibility index (Phi) is 4.99. The van der Waals surface area contributed by atoms with E-state index in [9.17, 15) is 0 Å². The largest absolute Gasteiger partial charge is 0.398 e. The molecule has 0 aliphatic carbocycles. The minimum absolute atomic E-state index is 0.196. The highest BCUT2D eigenvalue weighted by atomic mass is 32.2. The highest BCUT2D eigenvalue weighted by molar-refractivity contribution is 7.98. The van der Waals surface area contributed by atoms with E-state index >= 15 is 0 Å². The Hall–Kier alpha value is -0.670. The van der Waals surface area contributed by atoms with Crippen LogP contribution in [0.15, 0.2) is 23.1 Å². The molecule has 0 aliphatic rings. The summed E-state index contributed by atoms with van der Waals surface area (Å²) in [6.45, 7) is 4.91. The number of nitrogen functional groups attached to an aromatic ring is 1. The van der Waals surface area contributed by atoms with E-state index in [1.165, 1.54) is 5.56 Å². The molecular formula is C12H19NOS. The second-order valence-corrected chi connectivity index (χ2v) is 4.20. The van der Waals surface area contributed by atoms with Crippen LogP contribution < -0.4 is 5.73 Å². The van der Waals surface area contributed by atoms with Gasteiger partial charge in [-0.15, -0.1) is 11.8 Å². The smallest absolute Gasteiger partial charge is 0.0822 e.